The van der Waals surface area contributed by atoms with Crippen LogP contribution in [0.3, 0.4) is 0 Å². The van der Waals surface area contributed by atoms with Gasteiger partial charge in [0.2, 0.25) is 59.1 Å². The molecule has 8 aromatic rings. The van der Waals surface area contributed by atoms with Gasteiger partial charge >= 0.3 is 11.9 Å². The molecule has 0 aliphatic carbocycles. The summed E-state index contributed by atoms with van der Waals surface area (Å²) in [4.78, 5) is 175. The number of anilines is 2. The molecule has 6 aliphatic heterocycles. The highest BCUT2D eigenvalue weighted by molar-refractivity contribution is 5.99. The SMILES string of the molecule is CN[C@@H](C)C(=O)N[C@H](C(=O)N1C[C@@H]2C[C@H]1C(=O)N[C@@H](Cc1ccc3ccccc3c1)C(=O)N[C@H](C(=O)O)Cc1ccc(cc1)NC(=O)CCc1cn(nn1)[C@H]1C[C@@H](C(=O)N[C@@H](Cc3ccc4ccccc4c3)C(=O)N[C@H](C(=O)O)Cc3ccc(cc3)NC(=O)CCc3cn2nn3)N(C(=O)[C@@H](NC(=O)[C@H](C)NC)C(C)(C)C)C1)C(C)(C)C. The number of carbonyl (C=O) groups is 12. The second-order valence-electron chi connectivity index (χ2n) is 32.4. The van der Waals surface area contributed by atoms with E-state index in [0.29, 0.717) is 45.0 Å². The first kappa shape index (κ1) is 84.6. The molecule has 6 aliphatic rings. The smallest absolute Gasteiger partial charge is 0.326 e. The van der Waals surface area contributed by atoms with E-state index in [4.69, 9.17) is 0 Å². The van der Waals surface area contributed by atoms with Gasteiger partial charge in [-0.25, -0.2) is 19.0 Å². The number of carbonyl (C=O) groups excluding carboxylic acids is 10. The number of nitrogens with one attached hydrogen (secondary N) is 10. The minimum absolute atomic E-state index is 0.0647. The van der Waals surface area contributed by atoms with E-state index in [-0.39, 0.29) is 77.3 Å². The molecule has 2 fully saturated rings. The molecule has 2 saturated heterocycles. The Bertz CT molecular complexity index is 4670. The van der Waals surface area contributed by atoms with Crippen LogP contribution in [0.4, 0.5) is 11.4 Å². The summed E-state index contributed by atoms with van der Waals surface area (Å²) in [5.74, 6) is -9.00. The van der Waals surface area contributed by atoms with Gasteiger partial charge in [-0.05, 0) is 107 Å². The van der Waals surface area contributed by atoms with E-state index in [1.807, 2.05) is 72.8 Å². The molecule has 32 heteroatoms. The summed E-state index contributed by atoms with van der Waals surface area (Å²) in [6.45, 7) is 13.7. The average Bonchev–Trinajstić information content (AvgIpc) is 1.63. The molecule has 32 nitrogen and oxygen atoms in total. The molecule has 10 amide bonds. The van der Waals surface area contributed by atoms with Crippen LogP contribution in [0.15, 0.2) is 146 Å². The molecule has 612 valence electrons. The zero-order chi connectivity index (χ0) is 83.4. The van der Waals surface area contributed by atoms with Crippen LogP contribution in [0.1, 0.15) is 127 Å². The number of amides is 10. The molecular formula is C84H102N18O14. The lowest BCUT2D eigenvalue weighted by molar-refractivity contribution is -0.145. The molecule has 2 aromatic heterocycles. The summed E-state index contributed by atoms with van der Waals surface area (Å²) >= 11 is 0. The van der Waals surface area contributed by atoms with Crippen molar-refractivity contribution in [1.29, 1.82) is 0 Å². The van der Waals surface area contributed by atoms with E-state index in [0.717, 1.165) is 21.5 Å². The fraction of sp³-hybridized carbons (Fsp3) is 0.429. The number of carboxylic acid groups (broad SMARTS) is 2. The molecule has 12 N–H and O–H groups in total. The molecule has 8 heterocycles. The Labute approximate surface area is 671 Å². The van der Waals surface area contributed by atoms with Gasteiger partial charge in [-0.1, -0.05) is 161 Å². The van der Waals surface area contributed by atoms with Crippen LogP contribution >= 0.6 is 0 Å². The highest BCUT2D eigenvalue weighted by atomic mass is 16.4. The van der Waals surface area contributed by atoms with Crippen LogP contribution in [0.25, 0.3) is 21.5 Å². The number of aliphatic carboxylic acids is 2. The maximum absolute atomic E-state index is 15.3. The van der Waals surface area contributed by atoms with Crippen LogP contribution in [0.2, 0.25) is 0 Å². The second-order valence-corrected chi connectivity index (χ2v) is 32.4. The van der Waals surface area contributed by atoms with Crippen molar-refractivity contribution < 1.29 is 67.7 Å². The lowest BCUT2D eigenvalue weighted by Crippen LogP contribution is -2.60. The van der Waals surface area contributed by atoms with Crippen molar-refractivity contribution >= 4 is 104 Å². The van der Waals surface area contributed by atoms with Gasteiger partial charge in [0, 0.05) is 101 Å². The Balaban J connectivity index is 0.898. The van der Waals surface area contributed by atoms with E-state index in [1.54, 1.807) is 143 Å². The Hall–Kier alpha value is -12.3. The number of carboxylic acids is 2. The van der Waals surface area contributed by atoms with Gasteiger partial charge in [0.25, 0.3) is 0 Å². The molecule has 116 heavy (non-hydrogen) atoms. The van der Waals surface area contributed by atoms with Crippen LogP contribution in [0.5, 0.6) is 0 Å². The lowest BCUT2D eigenvalue weighted by Gasteiger charge is -2.36. The molecule has 0 saturated carbocycles. The van der Waals surface area contributed by atoms with Crippen molar-refractivity contribution in [2.24, 2.45) is 10.8 Å². The third-order valence-electron chi connectivity index (χ3n) is 21.6. The first-order valence-corrected chi connectivity index (χ1v) is 39.0. The number of hydrogen-bond acceptors (Lipinski definition) is 18. The number of likely N-dealkylation sites (N-methyl/N-ethyl adjacent to an activating group) is 2. The van der Waals surface area contributed by atoms with E-state index in [2.05, 4.69) is 73.8 Å². The summed E-state index contributed by atoms with van der Waals surface area (Å²) in [6.07, 6.45) is 2.33. The Morgan fingerprint density at radius 2 is 0.836 bits per heavy atom. The number of likely N-dealkylation sites (tertiary alicyclic amines) is 2. The topological polar surface area (TPSA) is 433 Å². The molecule has 0 unspecified atom stereocenters. The van der Waals surface area contributed by atoms with Crippen molar-refractivity contribution in [3.8, 4) is 0 Å². The summed E-state index contributed by atoms with van der Waals surface area (Å²) < 4.78 is 2.99. The highest BCUT2D eigenvalue weighted by Gasteiger charge is 2.49. The van der Waals surface area contributed by atoms with Crippen molar-refractivity contribution in [3.05, 3.63) is 179 Å². The number of aromatic nitrogens is 6. The molecule has 12 atom stereocenters. The summed E-state index contributed by atoms with van der Waals surface area (Å²) in [6, 6.07) is 25.1. The van der Waals surface area contributed by atoms with Crippen molar-refractivity contribution in [2.75, 3.05) is 37.8 Å². The van der Waals surface area contributed by atoms with Gasteiger partial charge in [0.1, 0.15) is 48.3 Å². The third kappa shape index (κ3) is 21.4. The molecule has 6 aromatic carbocycles. The number of aryl methyl sites for hydroxylation is 2. The fourth-order valence-electron chi connectivity index (χ4n) is 14.6. The van der Waals surface area contributed by atoms with Gasteiger partial charge in [-0.3, -0.25) is 47.9 Å². The van der Waals surface area contributed by atoms with Gasteiger partial charge < -0.3 is 73.2 Å². The lowest BCUT2D eigenvalue weighted by atomic mass is 9.85. The third-order valence-corrected chi connectivity index (χ3v) is 21.6. The number of rotatable bonds is 14. The van der Waals surface area contributed by atoms with Crippen LogP contribution in [0, 0.1) is 10.8 Å². The quantitative estimate of drug-likeness (QED) is 0.0723. The minimum atomic E-state index is -1.55. The Kier molecular flexibility index (Phi) is 26.9. The first-order chi connectivity index (χ1) is 55.2. The predicted molar refractivity (Wildman–Crippen MR) is 431 cm³/mol. The van der Waals surface area contributed by atoms with Gasteiger partial charge in [-0.15, -0.1) is 10.2 Å². The van der Waals surface area contributed by atoms with Crippen molar-refractivity contribution in [3.63, 3.8) is 0 Å². The van der Waals surface area contributed by atoms with Gasteiger partial charge in [0.05, 0.1) is 35.6 Å². The number of fused-ring (bicyclic) bond motifs is 2. The maximum Gasteiger partial charge on any atom is 0.326 e. The van der Waals surface area contributed by atoms with Crippen LogP contribution in [-0.2, 0) is 96.1 Å². The van der Waals surface area contributed by atoms with Crippen LogP contribution in [-0.4, -0.2) is 209 Å². The Morgan fingerprint density at radius 3 is 1.18 bits per heavy atom. The number of hydrogen-bond donors (Lipinski definition) is 12. The average molecular weight is 1590 g/mol. The maximum atomic E-state index is 15.3. The van der Waals surface area contributed by atoms with Crippen molar-refractivity contribution in [1.82, 2.24) is 82.3 Å². The number of benzene rings is 6. The fourth-order valence-corrected chi connectivity index (χ4v) is 14.6. The minimum Gasteiger partial charge on any atom is -0.480 e. The standard InChI is InChI=1S/C84H102N18O14/c1-47(85-9)73(105)93-71(83(3,4)5)79(111)99-45-61-41-67(99)77(109)89-63(39-51-19-25-53-15-11-13-17-55(53)35-51)75(107)91-65(81(113)114)37-49-21-27-58(28-22-49)88-70(104)34-32-60-44-102(98-96-60)62-42-68(100(46-62)80(112)72(84(6,7)8)94-74(106)48(2)86-10)78(110)90-64(40-52-20-26-54-16-12-14-18-56(54)36-52)76(108)92-66(82(115)116)38-50-23-29-57(30-24-50)87-69(103)33-31-59-43-101(61)97-95-59/h11-30,35-36,43-44,47-48,61-68,71-72,85-86H,31-34,37-42,45-46H2,1-10H3,(H,87,103)(H,88,104)(H,89,109)(H,90,110)(H,91,107)(H,92,108)(H,93,105)(H,94,106)(H,113,114)(H,115,116)/t47-,48-,61-,62-,63-,64-,65-,66-,67-,68-,71+,72+/m0/s1. The highest BCUT2D eigenvalue weighted by Crippen LogP contribution is 2.34. The molecule has 0 radical (unpaired) electrons. The normalized spacial score (nSPS) is 21.6. The van der Waals surface area contributed by atoms with E-state index in [9.17, 15) is 48.6 Å². The monoisotopic (exact) mass is 1590 g/mol. The zero-order valence-corrected chi connectivity index (χ0v) is 66.6. The molecular weight excluding hydrogens is 1490 g/mol. The largest absolute Gasteiger partial charge is 0.480 e. The van der Waals surface area contributed by atoms with E-state index < -0.39 is 154 Å². The molecule has 0 spiro atoms. The predicted octanol–water partition coefficient (Wildman–Crippen LogP) is 4.27. The summed E-state index contributed by atoms with van der Waals surface area (Å²) in [5, 5.41) is 70.9. The Morgan fingerprint density at radius 1 is 0.474 bits per heavy atom. The van der Waals surface area contributed by atoms with E-state index in [1.165, 1.54) is 19.2 Å². The van der Waals surface area contributed by atoms with E-state index >= 15 is 19.2 Å². The summed E-state index contributed by atoms with van der Waals surface area (Å²) in [7, 11) is 3.20. The second kappa shape index (κ2) is 36.9. The zero-order valence-electron chi connectivity index (χ0n) is 66.6. The number of nitrogens with zero attached hydrogens (tertiary/aromatic N) is 8. The summed E-state index contributed by atoms with van der Waals surface area (Å²) in [5.41, 5.74) is 1.80. The molecule has 14 rings (SSSR count). The van der Waals surface area contributed by atoms with Gasteiger partial charge in [0.15, 0.2) is 0 Å². The first-order valence-electron chi connectivity index (χ1n) is 39.0. The van der Waals surface area contributed by atoms with Crippen molar-refractivity contribution in [2.45, 2.75) is 192 Å². The van der Waals surface area contributed by atoms with Gasteiger partial charge in [-0.2, -0.15) is 0 Å². The molecule has 12 bridgehead atoms. The van der Waals surface area contributed by atoms with Crippen LogP contribution < -0.4 is 53.2 Å².